The number of rotatable bonds is 5. The Morgan fingerprint density at radius 2 is 1.86 bits per heavy atom. The smallest absolute Gasteiger partial charge is 0.328 e. The largest absolute Gasteiger partial charge is 0.418 e. The summed E-state index contributed by atoms with van der Waals surface area (Å²) < 4.78 is 41.0. The summed E-state index contributed by atoms with van der Waals surface area (Å²) in [4.78, 5) is 30.6. The highest BCUT2D eigenvalue weighted by Crippen LogP contribution is 2.34. The molecule has 9 heteroatoms. The van der Waals surface area contributed by atoms with E-state index in [4.69, 9.17) is 0 Å². The lowest BCUT2D eigenvalue weighted by molar-refractivity contribution is -0.137. The summed E-state index contributed by atoms with van der Waals surface area (Å²) in [5.41, 5.74) is 0.339. The van der Waals surface area contributed by atoms with Crippen LogP contribution in [0.1, 0.15) is 28.7 Å². The van der Waals surface area contributed by atoms with Crippen molar-refractivity contribution in [1.82, 2.24) is 14.3 Å². The van der Waals surface area contributed by atoms with Crippen LogP contribution in [0.25, 0.3) is 5.65 Å². The van der Waals surface area contributed by atoms with Crippen LogP contribution >= 0.6 is 0 Å². The van der Waals surface area contributed by atoms with Crippen molar-refractivity contribution >= 4 is 23.1 Å². The monoisotopic (exact) mass is 404 g/mol. The minimum Gasteiger partial charge on any atom is -0.328 e. The molecule has 1 N–H and O–H groups in total. The summed E-state index contributed by atoms with van der Waals surface area (Å²) in [6.07, 6.45) is -3.02. The Morgan fingerprint density at radius 1 is 1.14 bits per heavy atom. The van der Waals surface area contributed by atoms with Gasteiger partial charge in [0.2, 0.25) is 5.91 Å². The van der Waals surface area contributed by atoms with Gasteiger partial charge in [-0.1, -0.05) is 18.2 Å². The number of nitrogens with one attached hydrogen (secondary N) is 1. The zero-order valence-electron chi connectivity index (χ0n) is 15.8. The standard InChI is InChI=1S/C20H19F3N4O2/c1-3-26(19(29)16-11-27-13(2)7-6-10-17(27)24-16)12-18(28)25-15-9-5-4-8-14(15)20(21,22)23/h4-11H,3,12H2,1-2H3,(H,25,28). The van der Waals surface area contributed by atoms with E-state index < -0.39 is 30.1 Å². The average molecular weight is 404 g/mol. The highest BCUT2D eigenvalue weighted by molar-refractivity contribution is 5.99. The van der Waals surface area contributed by atoms with Gasteiger partial charge < -0.3 is 14.6 Å². The number of alkyl halides is 3. The number of amides is 2. The van der Waals surface area contributed by atoms with Gasteiger partial charge in [-0.25, -0.2) is 4.98 Å². The summed E-state index contributed by atoms with van der Waals surface area (Å²) in [6.45, 7) is 3.34. The number of nitrogens with zero attached hydrogens (tertiary/aromatic N) is 3. The fraction of sp³-hybridized carbons (Fsp3) is 0.250. The van der Waals surface area contributed by atoms with Crippen LogP contribution in [0.2, 0.25) is 0 Å². The molecule has 0 spiro atoms. The number of halogens is 3. The minimum atomic E-state index is -4.60. The third kappa shape index (κ3) is 4.39. The van der Waals surface area contributed by atoms with Gasteiger partial charge in [0.05, 0.1) is 11.3 Å². The van der Waals surface area contributed by atoms with Gasteiger partial charge in [0.15, 0.2) is 0 Å². The minimum absolute atomic E-state index is 0.157. The number of aryl methyl sites for hydroxylation is 1. The van der Waals surface area contributed by atoms with Crippen molar-refractivity contribution in [3.05, 3.63) is 65.6 Å². The molecular formula is C20H19F3N4O2. The van der Waals surface area contributed by atoms with Crippen LogP contribution in [0.15, 0.2) is 48.7 Å². The maximum atomic E-state index is 13.1. The van der Waals surface area contributed by atoms with Crippen LogP contribution in [-0.4, -0.2) is 39.2 Å². The first-order chi connectivity index (χ1) is 13.7. The van der Waals surface area contributed by atoms with Crippen LogP contribution < -0.4 is 5.32 Å². The fourth-order valence-corrected chi connectivity index (χ4v) is 2.94. The number of fused-ring (bicyclic) bond motifs is 1. The first kappa shape index (κ1) is 20.4. The number of imidazole rings is 1. The van der Waals surface area contributed by atoms with E-state index in [-0.39, 0.29) is 17.9 Å². The number of hydrogen-bond donors (Lipinski definition) is 1. The van der Waals surface area contributed by atoms with Crippen LogP contribution in [0, 0.1) is 6.92 Å². The third-order valence-electron chi connectivity index (χ3n) is 4.42. The Morgan fingerprint density at radius 3 is 2.52 bits per heavy atom. The van der Waals surface area contributed by atoms with Crippen molar-refractivity contribution in [2.75, 3.05) is 18.4 Å². The van der Waals surface area contributed by atoms with E-state index in [0.717, 1.165) is 11.8 Å². The molecule has 0 aliphatic carbocycles. The second-order valence-corrected chi connectivity index (χ2v) is 6.43. The van der Waals surface area contributed by atoms with Gasteiger partial charge in [-0.2, -0.15) is 13.2 Å². The van der Waals surface area contributed by atoms with E-state index in [1.165, 1.54) is 23.1 Å². The first-order valence-corrected chi connectivity index (χ1v) is 8.90. The van der Waals surface area contributed by atoms with Crippen molar-refractivity contribution < 1.29 is 22.8 Å². The Balaban J connectivity index is 1.76. The predicted octanol–water partition coefficient (Wildman–Crippen LogP) is 3.76. The Bertz CT molecular complexity index is 1060. The fourth-order valence-electron chi connectivity index (χ4n) is 2.94. The maximum Gasteiger partial charge on any atom is 0.418 e. The maximum absolute atomic E-state index is 13.1. The highest BCUT2D eigenvalue weighted by Gasteiger charge is 2.33. The lowest BCUT2D eigenvalue weighted by Gasteiger charge is -2.20. The molecule has 2 aromatic heterocycles. The van der Waals surface area contributed by atoms with E-state index in [0.29, 0.717) is 5.65 Å². The number of benzene rings is 1. The molecule has 0 aliphatic heterocycles. The molecule has 0 saturated heterocycles. The zero-order chi connectivity index (χ0) is 21.2. The van der Waals surface area contributed by atoms with E-state index in [2.05, 4.69) is 10.3 Å². The van der Waals surface area contributed by atoms with E-state index in [1.54, 1.807) is 23.6 Å². The molecule has 0 aliphatic rings. The van der Waals surface area contributed by atoms with Gasteiger partial charge in [-0.15, -0.1) is 0 Å². The summed E-state index contributed by atoms with van der Waals surface area (Å²) in [5.74, 6) is -1.20. The quantitative estimate of drug-likeness (QED) is 0.704. The predicted molar refractivity (Wildman–Crippen MR) is 102 cm³/mol. The number of likely N-dealkylation sites (N-methyl/N-ethyl adjacent to an activating group) is 1. The number of carbonyl (C=O) groups excluding carboxylic acids is 2. The third-order valence-corrected chi connectivity index (χ3v) is 4.42. The van der Waals surface area contributed by atoms with Crippen molar-refractivity contribution in [1.29, 1.82) is 0 Å². The Kier molecular flexibility index (Phi) is 5.58. The first-order valence-electron chi connectivity index (χ1n) is 8.90. The van der Waals surface area contributed by atoms with Crippen molar-refractivity contribution in [2.24, 2.45) is 0 Å². The molecule has 3 aromatic rings. The van der Waals surface area contributed by atoms with Crippen LogP contribution in [0.5, 0.6) is 0 Å². The molecule has 0 saturated carbocycles. The molecule has 1 aromatic carbocycles. The number of para-hydroxylation sites is 1. The van der Waals surface area contributed by atoms with Gasteiger partial charge >= 0.3 is 6.18 Å². The van der Waals surface area contributed by atoms with Crippen molar-refractivity contribution in [3.63, 3.8) is 0 Å². The molecule has 2 heterocycles. The van der Waals surface area contributed by atoms with Gasteiger partial charge in [0, 0.05) is 18.4 Å². The zero-order valence-corrected chi connectivity index (χ0v) is 15.8. The number of pyridine rings is 1. The molecule has 2 amide bonds. The number of anilines is 1. The number of carbonyl (C=O) groups is 2. The van der Waals surface area contributed by atoms with E-state index >= 15 is 0 Å². The Labute approximate surface area is 165 Å². The normalized spacial score (nSPS) is 11.5. The molecule has 0 fully saturated rings. The summed E-state index contributed by atoms with van der Waals surface area (Å²) in [6, 6.07) is 10.1. The summed E-state index contributed by atoms with van der Waals surface area (Å²) in [7, 11) is 0. The van der Waals surface area contributed by atoms with E-state index in [1.807, 2.05) is 19.1 Å². The second kappa shape index (κ2) is 7.94. The average Bonchev–Trinajstić information content (AvgIpc) is 3.11. The Hall–Kier alpha value is -3.36. The van der Waals surface area contributed by atoms with Gasteiger partial charge in [0.25, 0.3) is 5.91 Å². The lowest BCUT2D eigenvalue weighted by atomic mass is 10.1. The van der Waals surface area contributed by atoms with Gasteiger partial charge in [-0.3, -0.25) is 9.59 Å². The van der Waals surface area contributed by atoms with Crippen LogP contribution in [0.3, 0.4) is 0 Å². The number of hydrogen-bond acceptors (Lipinski definition) is 3. The van der Waals surface area contributed by atoms with Crippen LogP contribution in [-0.2, 0) is 11.0 Å². The van der Waals surface area contributed by atoms with Crippen molar-refractivity contribution in [3.8, 4) is 0 Å². The molecule has 0 radical (unpaired) electrons. The summed E-state index contributed by atoms with van der Waals surface area (Å²) >= 11 is 0. The van der Waals surface area contributed by atoms with Crippen LogP contribution in [0.4, 0.5) is 18.9 Å². The highest BCUT2D eigenvalue weighted by atomic mass is 19.4. The molecule has 0 bridgehead atoms. The second-order valence-electron chi connectivity index (χ2n) is 6.43. The molecular weight excluding hydrogens is 385 g/mol. The van der Waals surface area contributed by atoms with Crippen molar-refractivity contribution in [2.45, 2.75) is 20.0 Å². The van der Waals surface area contributed by atoms with Gasteiger partial charge in [-0.05, 0) is 38.1 Å². The van der Waals surface area contributed by atoms with E-state index in [9.17, 15) is 22.8 Å². The molecule has 29 heavy (non-hydrogen) atoms. The summed E-state index contributed by atoms with van der Waals surface area (Å²) in [5, 5.41) is 2.25. The topological polar surface area (TPSA) is 66.7 Å². The lowest BCUT2D eigenvalue weighted by Crippen LogP contribution is -2.38. The molecule has 0 unspecified atom stereocenters. The SMILES string of the molecule is CCN(CC(=O)Nc1ccccc1C(F)(F)F)C(=O)c1cn2c(C)cccc2n1. The molecule has 3 rings (SSSR count). The molecule has 0 atom stereocenters. The molecule has 152 valence electrons. The molecule has 6 nitrogen and oxygen atoms in total. The van der Waals surface area contributed by atoms with Gasteiger partial charge in [0.1, 0.15) is 17.9 Å². The number of aromatic nitrogens is 2.